The first-order valence-electron chi connectivity index (χ1n) is 11.4. The molecular formula is C26H28FN3O3. The first kappa shape index (κ1) is 22.7. The van der Waals surface area contributed by atoms with E-state index in [1.54, 1.807) is 25.1 Å². The highest BCUT2D eigenvalue weighted by molar-refractivity contribution is 6.43. The molecule has 33 heavy (non-hydrogen) atoms. The van der Waals surface area contributed by atoms with Gasteiger partial charge in [0, 0.05) is 41.8 Å². The fourth-order valence-corrected chi connectivity index (χ4v) is 4.57. The molecule has 0 saturated carbocycles. The van der Waals surface area contributed by atoms with Gasteiger partial charge in [-0.2, -0.15) is 0 Å². The lowest BCUT2D eigenvalue weighted by Crippen LogP contribution is -2.39. The van der Waals surface area contributed by atoms with Gasteiger partial charge in [-0.25, -0.2) is 4.39 Å². The van der Waals surface area contributed by atoms with Crippen molar-refractivity contribution in [2.75, 3.05) is 19.6 Å². The number of amides is 2. The zero-order valence-electron chi connectivity index (χ0n) is 18.9. The molecule has 1 saturated heterocycles. The number of carbonyl (C=O) groups is 3. The van der Waals surface area contributed by atoms with Gasteiger partial charge in [0.15, 0.2) is 0 Å². The number of nitrogens with zero attached hydrogens (tertiary/aromatic N) is 1. The molecule has 0 radical (unpaired) electrons. The number of nitrogens with one attached hydrogen (secondary N) is 2. The molecule has 2 amide bonds. The molecule has 1 fully saturated rings. The van der Waals surface area contributed by atoms with Crippen molar-refractivity contribution in [1.82, 2.24) is 15.2 Å². The number of likely N-dealkylation sites (tertiary alicyclic amines) is 1. The van der Waals surface area contributed by atoms with Crippen LogP contribution in [0.15, 0.2) is 42.5 Å². The number of fused-ring (bicyclic) bond motifs is 1. The monoisotopic (exact) mass is 449 g/mol. The van der Waals surface area contributed by atoms with Crippen LogP contribution < -0.4 is 5.32 Å². The molecule has 1 aliphatic heterocycles. The molecule has 2 heterocycles. The summed E-state index contributed by atoms with van der Waals surface area (Å²) < 4.78 is 13.1. The largest absolute Gasteiger partial charge is 0.358 e. The van der Waals surface area contributed by atoms with Crippen molar-refractivity contribution in [2.45, 2.75) is 33.1 Å². The van der Waals surface area contributed by atoms with Gasteiger partial charge in [-0.05, 0) is 74.9 Å². The number of hydrogen-bond donors (Lipinski definition) is 2. The zero-order valence-corrected chi connectivity index (χ0v) is 18.9. The fraction of sp³-hybridized carbons (Fsp3) is 0.346. The Bertz CT molecular complexity index is 1190. The molecule has 1 aliphatic rings. The van der Waals surface area contributed by atoms with E-state index < -0.39 is 11.7 Å². The van der Waals surface area contributed by atoms with Crippen LogP contribution in [0.25, 0.3) is 10.9 Å². The van der Waals surface area contributed by atoms with Crippen LogP contribution in [0, 0.1) is 18.7 Å². The molecule has 172 valence electrons. The van der Waals surface area contributed by atoms with Crippen molar-refractivity contribution in [1.29, 1.82) is 0 Å². The molecule has 0 aliphatic carbocycles. The van der Waals surface area contributed by atoms with Gasteiger partial charge in [-0.1, -0.05) is 12.1 Å². The molecule has 0 spiro atoms. The Labute approximate surface area is 192 Å². The number of Topliss-reactive ketones (excluding diaryl/α,β-unsaturated/α-hetero) is 1. The van der Waals surface area contributed by atoms with Crippen molar-refractivity contribution < 1.29 is 18.8 Å². The number of likely N-dealkylation sites (N-methyl/N-ethyl adjacent to an activating group) is 1. The number of piperidine rings is 1. The Kier molecular flexibility index (Phi) is 6.58. The minimum atomic E-state index is -0.653. The third-order valence-electron chi connectivity index (χ3n) is 6.35. The molecule has 0 bridgehead atoms. The number of aromatic nitrogens is 1. The van der Waals surface area contributed by atoms with Crippen LogP contribution in [0.3, 0.4) is 0 Å². The number of H-pyrrole nitrogens is 1. The van der Waals surface area contributed by atoms with Crippen LogP contribution in [-0.2, 0) is 11.2 Å². The number of aromatic amines is 1. The first-order chi connectivity index (χ1) is 15.9. The second-order valence-corrected chi connectivity index (χ2v) is 8.64. The average Bonchev–Trinajstić information content (AvgIpc) is 3.15. The van der Waals surface area contributed by atoms with Crippen molar-refractivity contribution in [3.63, 3.8) is 0 Å². The fourth-order valence-electron chi connectivity index (χ4n) is 4.57. The zero-order chi connectivity index (χ0) is 23.5. The molecule has 2 aromatic carbocycles. The summed E-state index contributed by atoms with van der Waals surface area (Å²) in [5, 5.41) is 3.17. The van der Waals surface area contributed by atoms with Crippen LogP contribution in [-0.4, -0.2) is 47.1 Å². The summed E-state index contributed by atoms with van der Waals surface area (Å²) in [7, 11) is 0. The molecule has 6 nitrogen and oxygen atoms in total. The van der Waals surface area contributed by atoms with Crippen LogP contribution in [0.1, 0.15) is 51.7 Å². The normalized spacial score (nSPS) is 14.5. The van der Waals surface area contributed by atoms with Gasteiger partial charge in [0.25, 0.3) is 11.8 Å². The van der Waals surface area contributed by atoms with Gasteiger partial charge in [-0.3, -0.25) is 14.4 Å². The van der Waals surface area contributed by atoms with E-state index in [2.05, 4.69) is 10.3 Å². The lowest BCUT2D eigenvalue weighted by molar-refractivity contribution is -0.116. The van der Waals surface area contributed by atoms with Crippen LogP contribution >= 0.6 is 0 Å². The summed E-state index contributed by atoms with van der Waals surface area (Å²) >= 11 is 0. The SMILES string of the molecule is CCNC(=O)C(=O)c1ccc2[nH]c(C)c(C(=O)N3CCC(Cc4ccc(F)cc4)CC3)c2c1. The summed E-state index contributed by atoms with van der Waals surface area (Å²) in [4.78, 5) is 42.9. The van der Waals surface area contributed by atoms with Crippen LogP contribution in [0.4, 0.5) is 4.39 Å². The highest BCUT2D eigenvalue weighted by Gasteiger charge is 2.27. The van der Waals surface area contributed by atoms with Gasteiger partial charge >= 0.3 is 0 Å². The van der Waals surface area contributed by atoms with Crippen molar-refractivity contribution >= 4 is 28.5 Å². The number of rotatable bonds is 6. The van der Waals surface area contributed by atoms with E-state index in [4.69, 9.17) is 0 Å². The number of benzene rings is 2. The topological polar surface area (TPSA) is 82.3 Å². The summed E-state index contributed by atoms with van der Waals surface area (Å²) in [6.07, 6.45) is 2.64. The highest BCUT2D eigenvalue weighted by atomic mass is 19.1. The van der Waals surface area contributed by atoms with Crippen LogP contribution in [0.5, 0.6) is 0 Å². The Morgan fingerprint density at radius 3 is 2.45 bits per heavy atom. The van der Waals surface area contributed by atoms with Crippen molar-refractivity contribution in [3.05, 3.63) is 70.7 Å². The molecule has 1 aromatic heterocycles. The Morgan fingerprint density at radius 1 is 1.09 bits per heavy atom. The van der Waals surface area contributed by atoms with Gasteiger partial charge in [-0.15, -0.1) is 0 Å². The molecule has 2 N–H and O–H groups in total. The quantitative estimate of drug-likeness (QED) is 0.440. The third-order valence-corrected chi connectivity index (χ3v) is 6.35. The predicted molar refractivity (Wildman–Crippen MR) is 125 cm³/mol. The maximum absolute atomic E-state index is 13.4. The smallest absolute Gasteiger partial charge is 0.292 e. The minimum Gasteiger partial charge on any atom is -0.358 e. The molecule has 0 unspecified atom stereocenters. The molecule has 3 aromatic rings. The van der Waals surface area contributed by atoms with E-state index >= 15 is 0 Å². The van der Waals surface area contributed by atoms with E-state index in [0.717, 1.165) is 36.0 Å². The van der Waals surface area contributed by atoms with Crippen molar-refractivity contribution in [2.24, 2.45) is 5.92 Å². The second kappa shape index (κ2) is 9.57. The number of aryl methyl sites for hydroxylation is 1. The van der Waals surface area contributed by atoms with E-state index in [9.17, 15) is 18.8 Å². The molecule has 4 rings (SSSR count). The average molecular weight is 450 g/mol. The van der Waals surface area contributed by atoms with Crippen LogP contribution in [0.2, 0.25) is 0 Å². The Morgan fingerprint density at radius 2 is 1.79 bits per heavy atom. The number of ketones is 1. The molecule has 7 heteroatoms. The maximum Gasteiger partial charge on any atom is 0.292 e. The van der Waals surface area contributed by atoms with Gasteiger partial charge in [0.2, 0.25) is 5.78 Å². The number of halogens is 1. The van der Waals surface area contributed by atoms with Gasteiger partial charge < -0.3 is 15.2 Å². The van der Waals surface area contributed by atoms with E-state index in [1.165, 1.54) is 12.1 Å². The van der Waals surface area contributed by atoms with E-state index in [1.807, 2.05) is 24.0 Å². The summed E-state index contributed by atoms with van der Waals surface area (Å²) in [6, 6.07) is 11.6. The first-order valence-corrected chi connectivity index (χ1v) is 11.4. The summed E-state index contributed by atoms with van der Waals surface area (Å²) in [5.74, 6) is -1.12. The van der Waals surface area contributed by atoms with Gasteiger partial charge in [0.05, 0.1) is 5.56 Å². The second-order valence-electron chi connectivity index (χ2n) is 8.64. The lowest BCUT2D eigenvalue weighted by atomic mass is 9.90. The highest BCUT2D eigenvalue weighted by Crippen LogP contribution is 2.28. The molecular weight excluding hydrogens is 421 g/mol. The van der Waals surface area contributed by atoms with Gasteiger partial charge in [0.1, 0.15) is 5.82 Å². The Hall–Kier alpha value is -3.48. The lowest BCUT2D eigenvalue weighted by Gasteiger charge is -2.32. The maximum atomic E-state index is 13.4. The van der Waals surface area contributed by atoms with E-state index in [0.29, 0.717) is 36.5 Å². The summed E-state index contributed by atoms with van der Waals surface area (Å²) in [6.45, 7) is 5.27. The summed E-state index contributed by atoms with van der Waals surface area (Å²) in [5.41, 5.74) is 3.42. The number of hydrogen-bond acceptors (Lipinski definition) is 3. The van der Waals surface area contributed by atoms with E-state index in [-0.39, 0.29) is 17.3 Å². The predicted octanol–water partition coefficient (Wildman–Crippen LogP) is 4.03. The number of carbonyl (C=O) groups excluding carboxylic acids is 3. The molecule has 0 atom stereocenters. The third kappa shape index (κ3) is 4.82. The minimum absolute atomic E-state index is 0.0680. The van der Waals surface area contributed by atoms with Crippen molar-refractivity contribution in [3.8, 4) is 0 Å². The standard InChI is InChI=1S/C26H28FN3O3/c1-3-28-25(32)24(31)19-6-9-22-21(15-19)23(16(2)29-22)26(33)30-12-10-18(11-13-30)14-17-4-7-20(27)8-5-17/h4-9,15,18,29H,3,10-14H2,1-2H3,(H,28,32). The Balaban J connectivity index is 1.49.